The van der Waals surface area contributed by atoms with Crippen LogP contribution in [0.15, 0.2) is 24.3 Å². The van der Waals surface area contributed by atoms with E-state index in [2.05, 4.69) is 10.6 Å². The van der Waals surface area contributed by atoms with Gasteiger partial charge in [-0.15, -0.1) is 0 Å². The van der Waals surface area contributed by atoms with Gasteiger partial charge in [-0.05, 0) is 49.9 Å². The van der Waals surface area contributed by atoms with Crippen molar-refractivity contribution in [3.63, 3.8) is 0 Å². The lowest BCUT2D eigenvalue weighted by Crippen LogP contribution is -2.26. The van der Waals surface area contributed by atoms with Gasteiger partial charge in [0, 0.05) is 37.3 Å². The lowest BCUT2D eigenvalue weighted by atomic mass is 10.0. The molecule has 0 atom stereocenters. The third-order valence-corrected chi connectivity index (χ3v) is 4.68. The minimum atomic E-state index is 0.385. The predicted octanol–water partition coefficient (Wildman–Crippen LogP) is 3.21. The van der Waals surface area contributed by atoms with E-state index < -0.39 is 0 Å². The molecule has 4 heteroatoms. The molecule has 0 radical (unpaired) electrons. The SMILES string of the molecule is Cc1ccc(CNCCNCc2ccc(C)c(C)c2O)c(O)c1C. The van der Waals surface area contributed by atoms with E-state index in [-0.39, 0.29) is 0 Å². The van der Waals surface area contributed by atoms with E-state index in [4.69, 9.17) is 0 Å². The molecule has 0 spiro atoms. The third kappa shape index (κ3) is 4.28. The normalized spacial score (nSPS) is 11.0. The van der Waals surface area contributed by atoms with Crippen LogP contribution in [0.25, 0.3) is 0 Å². The van der Waals surface area contributed by atoms with E-state index in [9.17, 15) is 10.2 Å². The largest absolute Gasteiger partial charge is 0.507 e. The van der Waals surface area contributed by atoms with Gasteiger partial charge in [0.2, 0.25) is 0 Å². The maximum atomic E-state index is 10.1. The van der Waals surface area contributed by atoms with Crippen molar-refractivity contribution in [1.29, 1.82) is 0 Å². The van der Waals surface area contributed by atoms with Gasteiger partial charge in [0.25, 0.3) is 0 Å². The minimum Gasteiger partial charge on any atom is -0.507 e. The first-order valence-electron chi connectivity index (χ1n) is 8.39. The molecule has 2 rings (SSSR count). The van der Waals surface area contributed by atoms with Crippen LogP contribution in [0.5, 0.6) is 11.5 Å². The van der Waals surface area contributed by atoms with Crippen molar-refractivity contribution in [3.8, 4) is 11.5 Å². The zero-order valence-corrected chi connectivity index (χ0v) is 15.0. The zero-order valence-electron chi connectivity index (χ0n) is 15.0. The summed E-state index contributed by atoms with van der Waals surface area (Å²) in [6.07, 6.45) is 0. The Morgan fingerprint density at radius 2 is 1.04 bits per heavy atom. The summed E-state index contributed by atoms with van der Waals surface area (Å²) in [4.78, 5) is 0. The summed E-state index contributed by atoms with van der Waals surface area (Å²) in [7, 11) is 0. The molecule has 0 aliphatic carbocycles. The van der Waals surface area contributed by atoms with Crippen LogP contribution in [0.1, 0.15) is 33.4 Å². The van der Waals surface area contributed by atoms with E-state index in [0.717, 1.165) is 46.5 Å². The average Bonchev–Trinajstić information content (AvgIpc) is 2.57. The van der Waals surface area contributed by atoms with Crippen molar-refractivity contribution in [2.75, 3.05) is 13.1 Å². The van der Waals surface area contributed by atoms with E-state index in [0.29, 0.717) is 24.6 Å². The molecule has 4 N–H and O–H groups in total. The Morgan fingerprint density at radius 1 is 0.667 bits per heavy atom. The summed E-state index contributed by atoms with van der Waals surface area (Å²) < 4.78 is 0. The lowest BCUT2D eigenvalue weighted by Gasteiger charge is -2.12. The molecule has 2 aromatic rings. The van der Waals surface area contributed by atoms with E-state index in [1.165, 1.54) is 0 Å². The fourth-order valence-electron chi connectivity index (χ4n) is 2.62. The molecular formula is C20H28N2O2. The number of aryl methyl sites for hydroxylation is 2. The Bertz CT molecular complexity index is 650. The molecule has 0 fully saturated rings. The highest BCUT2D eigenvalue weighted by Crippen LogP contribution is 2.25. The number of phenols is 2. The highest BCUT2D eigenvalue weighted by Gasteiger charge is 2.07. The Kier molecular flexibility index (Phi) is 6.23. The monoisotopic (exact) mass is 328 g/mol. The minimum absolute atomic E-state index is 0.385. The van der Waals surface area contributed by atoms with Crippen LogP contribution in [0.3, 0.4) is 0 Å². The number of phenolic OH excluding ortho intramolecular Hbond substituents is 2. The van der Waals surface area contributed by atoms with Crippen LogP contribution >= 0.6 is 0 Å². The van der Waals surface area contributed by atoms with E-state index in [1.54, 1.807) is 0 Å². The van der Waals surface area contributed by atoms with Gasteiger partial charge >= 0.3 is 0 Å². The Morgan fingerprint density at radius 3 is 1.42 bits per heavy atom. The van der Waals surface area contributed by atoms with Crippen LogP contribution < -0.4 is 10.6 Å². The molecule has 0 heterocycles. The number of rotatable bonds is 7. The predicted molar refractivity (Wildman–Crippen MR) is 98.6 cm³/mol. The summed E-state index contributed by atoms with van der Waals surface area (Å²) >= 11 is 0. The molecule has 0 unspecified atom stereocenters. The molecule has 2 aromatic carbocycles. The highest BCUT2D eigenvalue weighted by molar-refractivity contribution is 5.44. The van der Waals surface area contributed by atoms with Crippen molar-refractivity contribution < 1.29 is 10.2 Å². The van der Waals surface area contributed by atoms with Crippen molar-refractivity contribution in [2.24, 2.45) is 0 Å². The van der Waals surface area contributed by atoms with Gasteiger partial charge < -0.3 is 20.8 Å². The molecule has 0 aliphatic rings. The molecule has 4 nitrogen and oxygen atoms in total. The Hall–Kier alpha value is -2.04. The Labute approximate surface area is 144 Å². The van der Waals surface area contributed by atoms with Crippen LogP contribution in [-0.4, -0.2) is 23.3 Å². The standard InChI is InChI=1S/C20H28N2O2/c1-13-5-7-17(19(23)15(13)3)11-21-9-10-22-12-18-8-6-14(2)16(4)20(18)24/h5-8,21-24H,9-12H2,1-4H3. The summed E-state index contributed by atoms with van der Waals surface area (Å²) in [6, 6.07) is 8.00. The van der Waals surface area contributed by atoms with Gasteiger partial charge in [-0.25, -0.2) is 0 Å². The van der Waals surface area contributed by atoms with Gasteiger partial charge in [-0.2, -0.15) is 0 Å². The first-order valence-corrected chi connectivity index (χ1v) is 8.39. The first kappa shape index (κ1) is 18.3. The van der Waals surface area contributed by atoms with Crippen LogP contribution in [0.2, 0.25) is 0 Å². The van der Waals surface area contributed by atoms with Crippen LogP contribution in [0.4, 0.5) is 0 Å². The number of hydrogen-bond acceptors (Lipinski definition) is 4. The summed E-state index contributed by atoms with van der Waals surface area (Å²) in [5.41, 5.74) is 5.93. The second kappa shape index (κ2) is 8.18. The van der Waals surface area contributed by atoms with E-state index >= 15 is 0 Å². The first-order chi connectivity index (χ1) is 11.4. The second-order valence-corrected chi connectivity index (χ2v) is 6.38. The average molecular weight is 328 g/mol. The van der Waals surface area contributed by atoms with Gasteiger partial charge in [0.05, 0.1) is 0 Å². The zero-order chi connectivity index (χ0) is 17.7. The summed E-state index contributed by atoms with van der Waals surface area (Å²) in [5, 5.41) is 26.9. The lowest BCUT2D eigenvalue weighted by molar-refractivity contribution is 0.456. The molecule has 130 valence electrons. The maximum Gasteiger partial charge on any atom is 0.123 e. The van der Waals surface area contributed by atoms with Gasteiger partial charge in [0.1, 0.15) is 11.5 Å². The summed E-state index contributed by atoms with van der Waals surface area (Å²) in [5.74, 6) is 0.769. The molecule has 0 aromatic heterocycles. The molecule has 24 heavy (non-hydrogen) atoms. The number of nitrogens with one attached hydrogen (secondary N) is 2. The van der Waals surface area contributed by atoms with Crippen molar-refractivity contribution >= 4 is 0 Å². The fraction of sp³-hybridized carbons (Fsp3) is 0.400. The molecule has 0 saturated carbocycles. The summed E-state index contributed by atoms with van der Waals surface area (Å²) in [6.45, 7) is 10.7. The fourth-order valence-corrected chi connectivity index (χ4v) is 2.62. The number of benzene rings is 2. The number of aromatic hydroxyl groups is 2. The van der Waals surface area contributed by atoms with Gasteiger partial charge in [-0.3, -0.25) is 0 Å². The van der Waals surface area contributed by atoms with Gasteiger partial charge in [0.15, 0.2) is 0 Å². The highest BCUT2D eigenvalue weighted by atomic mass is 16.3. The van der Waals surface area contributed by atoms with E-state index in [1.807, 2.05) is 52.0 Å². The number of hydrogen-bond donors (Lipinski definition) is 4. The molecular weight excluding hydrogens is 300 g/mol. The second-order valence-electron chi connectivity index (χ2n) is 6.38. The van der Waals surface area contributed by atoms with Gasteiger partial charge in [-0.1, -0.05) is 24.3 Å². The van der Waals surface area contributed by atoms with Crippen LogP contribution in [-0.2, 0) is 13.1 Å². The third-order valence-electron chi connectivity index (χ3n) is 4.68. The molecule has 0 saturated heterocycles. The quantitative estimate of drug-likeness (QED) is 0.589. The molecule has 0 bridgehead atoms. The van der Waals surface area contributed by atoms with Crippen molar-refractivity contribution in [3.05, 3.63) is 57.6 Å². The Balaban J connectivity index is 1.75. The molecule has 0 amide bonds. The smallest absolute Gasteiger partial charge is 0.123 e. The topological polar surface area (TPSA) is 64.5 Å². The molecule has 0 aliphatic heterocycles. The van der Waals surface area contributed by atoms with Crippen LogP contribution in [0, 0.1) is 27.7 Å². The maximum absolute atomic E-state index is 10.1. The van der Waals surface area contributed by atoms with Crippen molar-refractivity contribution in [2.45, 2.75) is 40.8 Å². The van der Waals surface area contributed by atoms with Crippen molar-refractivity contribution in [1.82, 2.24) is 10.6 Å².